The molecule has 2 aromatic rings. The maximum Gasteiger partial charge on any atom is 0.0555 e. The van der Waals surface area contributed by atoms with Crippen molar-refractivity contribution < 1.29 is 0 Å². The molecule has 0 radical (unpaired) electrons. The summed E-state index contributed by atoms with van der Waals surface area (Å²) in [6, 6.07) is 3.96. The molecule has 3 heteroatoms. The van der Waals surface area contributed by atoms with E-state index in [0.717, 1.165) is 15.0 Å². The first kappa shape index (κ1) is 8.14. The van der Waals surface area contributed by atoms with Crippen LogP contribution in [0.25, 0.3) is 10.9 Å². The van der Waals surface area contributed by atoms with Crippen LogP contribution in [0.3, 0.4) is 0 Å². The van der Waals surface area contributed by atoms with Gasteiger partial charge in [0.1, 0.15) is 0 Å². The van der Waals surface area contributed by atoms with Crippen LogP contribution in [0.5, 0.6) is 0 Å². The van der Waals surface area contributed by atoms with E-state index in [9.17, 15) is 0 Å². The van der Waals surface area contributed by atoms with Gasteiger partial charge in [0.25, 0.3) is 0 Å². The lowest BCUT2D eigenvalue weighted by molar-refractivity contribution is 1.42. The minimum atomic E-state index is 0.755. The van der Waals surface area contributed by atoms with Gasteiger partial charge >= 0.3 is 0 Å². The van der Waals surface area contributed by atoms with Crippen molar-refractivity contribution in [2.75, 3.05) is 0 Å². The van der Waals surface area contributed by atoms with Crippen molar-refractivity contribution in [1.82, 2.24) is 4.98 Å². The van der Waals surface area contributed by atoms with Crippen molar-refractivity contribution in [3.8, 4) is 0 Å². The molecule has 0 bridgehead atoms. The summed E-state index contributed by atoms with van der Waals surface area (Å²) >= 11 is 9.33. The molecule has 0 spiro atoms. The van der Waals surface area contributed by atoms with Crippen LogP contribution in [0.2, 0.25) is 5.02 Å². The molecule has 0 amide bonds. The zero-order valence-electron chi connectivity index (χ0n) is 6.49. The summed E-state index contributed by atoms with van der Waals surface area (Å²) in [6.07, 6.45) is 1.98. The predicted octanol–water partition coefficient (Wildman–Crippen LogP) is 3.89. The van der Waals surface area contributed by atoms with E-state index in [1.54, 1.807) is 0 Å². The molecule has 2 rings (SSSR count). The Balaban J connectivity index is 2.87. The smallest absolute Gasteiger partial charge is 0.0555 e. The number of aryl methyl sites for hydroxylation is 1. The first-order valence-corrected chi connectivity index (χ1v) is 4.78. The van der Waals surface area contributed by atoms with Gasteiger partial charge < -0.3 is 4.98 Å². The molecular formula is C9H7BrClN. The molecule has 1 heterocycles. The summed E-state index contributed by atoms with van der Waals surface area (Å²) in [5, 5.41) is 1.94. The average Bonchev–Trinajstić information content (AvgIpc) is 2.35. The number of fused-ring (bicyclic) bond motifs is 1. The minimum absolute atomic E-state index is 0.755. The van der Waals surface area contributed by atoms with E-state index in [-0.39, 0.29) is 0 Å². The van der Waals surface area contributed by atoms with Crippen LogP contribution < -0.4 is 0 Å². The number of H-pyrrole nitrogens is 1. The van der Waals surface area contributed by atoms with Crippen LogP contribution >= 0.6 is 27.5 Å². The fraction of sp³-hybridized carbons (Fsp3) is 0.111. The van der Waals surface area contributed by atoms with Crippen molar-refractivity contribution in [3.63, 3.8) is 0 Å². The molecule has 0 fully saturated rings. The van der Waals surface area contributed by atoms with E-state index in [0.29, 0.717) is 0 Å². The summed E-state index contributed by atoms with van der Waals surface area (Å²) in [4.78, 5) is 3.17. The number of halogens is 2. The number of hydrogen-bond donors (Lipinski definition) is 1. The Bertz CT molecular complexity index is 433. The molecular weight excluding hydrogens is 237 g/mol. The van der Waals surface area contributed by atoms with Crippen molar-refractivity contribution >= 4 is 38.4 Å². The summed E-state index contributed by atoms with van der Waals surface area (Å²) in [5.74, 6) is 0. The fourth-order valence-electron chi connectivity index (χ4n) is 1.26. The van der Waals surface area contributed by atoms with E-state index < -0.39 is 0 Å². The number of rotatable bonds is 0. The quantitative estimate of drug-likeness (QED) is 0.724. The van der Waals surface area contributed by atoms with Gasteiger partial charge in [-0.3, -0.25) is 0 Å². The van der Waals surface area contributed by atoms with Crippen molar-refractivity contribution in [2.45, 2.75) is 6.92 Å². The Hall–Kier alpha value is -0.470. The van der Waals surface area contributed by atoms with Crippen LogP contribution in [0.15, 0.2) is 22.8 Å². The van der Waals surface area contributed by atoms with Crippen LogP contribution in [0, 0.1) is 6.92 Å². The first-order valence-electron chi connectivity index (χ1n) is 3.61. The third kappa shape index (κ3) is 1.15. The van der Waals surface area contributed by atoms with Crippen LogP contribution in [0.1, 0.15) is 5.56 Å². The molecule has 0 aliphatic rings. The largest absolute Gasteiger partial charge is 0.361 e. The second-order valence-corrected chi connectivity index (χ2v) is 4.05. The highest BCUT2D eigenvalue weighted by Crippen LogP contribution is 2.29. The maximum absolute atomic E-state index is 5.96. The molecule has 1 aromatic heterocycles. The molecule has 1 aromatic carbocycles. The van der Waals surface area contributed by atoms with Gasteiger partial charge in [-0.15, -0.1) is 0 Å². The lowest BCUT2D eigenvalue weighted by atomic mass is 10.2. The van der Waals surface area contributed by atoms with E-state index in [4.69, 9.17) is 11.6 Å². The Morgan fingerprint density at radius 3 is 2.92 bits per heavy atom. The number of aromatic nitrogens is 1. The third-order valence-electron chi connectivity index (χ3n) is 1.93. The van der Waals surface area contributed by atoms with Crippen LogP contribution in [-0.2, 0) is 0 Å². The van der Waals surface area contributed by atoms with Crippen molar-refractivity contribution in [3.05, 3.63) is 33.4 Å². The highest BCUT2D eigenvalue weighted by atomic mass is 79.9. The fourth-order valence-corrected chi connectivity index (χ4v) is 1.76. The number of benzene rings is 1. The van der Waals surface area contributed by atoms with E-state index >= 15 is 0 Å². The molecule has 1 nitrogen and oxygen atoms in total. The normalized spacial score (nSPS) is 10.9. The van der Waals surface area contributed by atoms with Crippen molar-refractivity contribution in [2.24, 2.45) is 0 Å². The molecule has 0 aliphatic heterocycles. The predicted molar refractivity (Wildman–Crippen MR) is 55.7 cm³/mol. The molecule has 0 unspecified atom stereocenters. The standard InChI is InChI=1S/C9H7BrClN/c1-5-4-12-9-3-7(10)8(11)2-6(5)9/h2-4,12H,1H3. The second kappa shape index (κ2) is 2.79. The summed E-state index contributed by atoms with van der Waals surface area (Å²) in [6.45, 7) is 2.06. The highest BCUT2D eigenvalue weighted by molar-refractivity contribution is 9.10. The zero-order valence-corrected chi connectivity index (χ0v) is 8.83. The van der Waals surface area contributed by atoms with Gasteiger partial charge in [0.15, 0.2) is 0 Å². The number of hydrogen-bond acceptors (Lipinski definition) is 0. The molecule has 0 saturated carbocycles. The summed E-state index contributed by atoms with van der Waals surface area (Å²) in [7, 11) is 0. The summed E-state index contributed by atoms with van der Waals surface area (Å²) < 4.78 is 0.929. The van der Waals surface area contributed by atoms with Crippen LogP contribution in [0.4, 0.5) is 0 Å². The SMILES string of the molecule is Cc1c[nH]c2cc(Br)c(Cl)cc12. The minimum Gasteiger partial charge on any atom is -0.361 e. The van der Waals surface area contributed by atoms with Gasteiger partial charge in [0.05, 0.1) is 5.02 Å². The Morgan fingerprint density at radius 2 is 2.17 bits per heavy atom. The molecule has 1 N–H and O–H groups in total. The highest BCUT2D eigenvalue weighted by Gasteiger charge is 2.03. The van der Waals surface area contributed by atoms with Crippen molar-refractivity contribution in [1.29, 1.82) is 0 Å². The number of aromatic amines is 1. The lowest BCUT2D eigenvalue weighted by Crippen LogP contribution is -1.72. The van der Waals surface area contributed by atoms with E-state index in [1.165, 1.54) is 10.9 Å². The van der Waals surface area contributed by atoms with E-state index in [2.05, 4.69) is 27.8 Å². The van der Waals surface area contributed by atoms with Gasteiger partial charge in [-0.05, 0) is 40.5 Å². The van der Waals surface area contributed by atoms with Gasteiger partial charge in [-0.2, -0.15) is 0 Å². The average molecular weight is 245 g/mol. The molecule has 0 atom stereocenters. The number of nitrogens with one attached hydrogen (secondary N) is 1. The van der Waals surface area contributed by atoms with Gasteiger partial charge in [0, 0.05) is 21.6 Å². The van der Waals surface area contributed by atoms with Gasteiger partial charge in [-0.25, -0.2) is 0 Å². The monoisotopic (exact) mass is 243 g/mol. The second-order valence-electron chi connectivity index (χ2n) is 2.78. The Labute approximate surface area is 83.9 Å². The maximum atomic E-state index is 5.96. The Kier molecular flexibility index (Phi) is 1.89. The van der Waals surface area contributed by atoms with E-state index in [1.807, 2.05) is 18.3 Å². The zero-order chi connectivity index (χ0) is 8.72. The first-order chi connectivity index (χ1) is 5.68. The molecule has 12 heavy (non-hydrogen) atoms. The molecule has 0 saturated heterocycles. The molecule has 62 valence electrons. The topological polar surface area (TPSA) is 15.8 Å². The van der Waals surface area contributed by atoms with Gasteiger partial charge in [0.2, 0.25) is 0 Å². The summed E-state index contributed by atoms with van der Waals surface area (Å²) in [5.41, 5.74) is 2.34. The Morgan fingerprint density at radius 1 is 1.42 bits per heavy atom. The van der Waals surface area contributed by atoms with Crippen LogP contribution in [-0.4, -0.2) is 4.98 Å². The molecule has 0 aliphatic carbocycles. The van der Waals surface area contributed by atoms with Gasteiger partial charge in [-0.1, -0.05) is 11.6 Å². The lowest BCUT2D eigenvalue weighted by Gasteiger charge is -1.96. The third-order valence-corrected chi connectivity index (χ3v) is 3.13.